The van der Waals surface area contributed by atoms with Crippen LogP contribution in [0.3, 0.4) is 0 Å². The molecule has 0 radical (unpaired) electrons. The predicted octanol–water partition coefficient (Wildman–Crippen LogP) is 2.40. The lowest BCUT2D eigenvalue weighted by Gasteiger charge is -2.39. The van der Waals surface area contributed by atoms with Crippen LogP contribution in [0.25, 0.3) is 20.9 Å². The van der Waals surface area contributed by atoms with Gasteiger partial charge in [-0.2, -0.15) is 0 Å². The van der Waals surface area contributed by atoms with E-state index in [9.17, 15) is 9.90 Å². The van der Waals surface area contributed by atoms with E-state index >= 15 is 0 Å². The number of carbonyl (C=O) groups is 1. The lowest BCUT2D eigenvalue weighted by Crippen LogP contribution is -2.57. The van der Waals surface area contributed by atoms with Gasteiger partial charge in [0.1, 0.15) is 11.5 Å². The number of carbonyl (C=O) groups excluding carboxylic acids is 1. The molecule has 0 spiro atoms. The summed E-state index contributed by atoms with van der Waals surface area (Å²) >= 11 is 1.19. The molecular formula is C13H14N6O4S. The van der Waals surface area contributed by atoms with Crippen LogP contribution in [-0.4, -0.2) is 47.9 Å². The first-order valence-electron chi connectivity index (χ1n) is 6.84. The molecule has 0 aromatic heterocycles. The maximum absolute atomic E-state index is 11.8. The van der Waals surface area contributed by atoms with E-state index < -0.39 is 35.7 Å². The van der Waals surface area contributed by atoms with Gasteiger partial charge in [0.2, 0.25) is 0 Å². The Morgan fingerprint density at radius 1 is 1.25 bits per heavy atom. The lowest BCUT2D eigenvalue weighted by atomic mass is 9.96. The molecule has 1 aliphatic heterocycles. The Balaban J connectivity index is 2.37. The average Bonchev–Trinajstić information content (AvgIpc) is 2.60. The van der Waals surface area contributed by atoms with Gasteiger partial charge in [-0.25, -0.2) is 4.79 Å². The van der Waals surface area contributed by atoms with Crippen molar-refractivity contribution in [3.8, 4) is 0 Å². The summed E-state index contributed by atoms with van der Waals surface area (Å²) in [6.45, 7) is 0. The first kappa shape index (κ1) is 17.9. The summed E-state index contributed by atoms with van der Waals surface area (Å²) in [6.07, 6.45) is -2.84. The van der Waals surface area contributed by atoms with Gasteiger partial charge in [-0.3, -0.25) is 0 Å². The molecule has 1 aliphatic rings. The largest absolute Gasteiger partial charge is 0.467 e. The molecule has 1 aromatic rings. The Kier molecular flexibility index (Phi) is 6.30. The molecule has 24 heavy (non-hydrogen) atoms. The highest BCUT2D eigenvalue weighted by molar-refractivity contribution is 7.99. The summed E-state index contributed by atoms with van der Waals surface area (Å²) in [7, 11) is 1.15. The fourth-order valence-corrected chi connectivity index (χ4v) is 3.38. The van der Waals surface area contributed by atoms with Crippen LogP contribution < -0.4 is 0 Å². The van der Waals surface area contributed by atoms with E-state index in [1.165, 1.54) is 11.8 Å². The van der Waals surface area contributed by atoms with Crippen molar-refractivity contribution in [1.29, 1.82) is 0 Å². The van der Waals surface area contributed by atoms with Crippen LogP contribution in [0.2, 0.25) is 0 Å². The number of hydrogen-bond acceptors (Lipinski definition) is 7. The number of rotatable bonds is 5. The molecule has 0 aliphatic carbocycles. The fourth-order valence-electron chi connectivity index (χ4n) is 2.27. The number of nitrogens with zero attached hydrogens (tertiary/aromatic N) is 6. The molecule has 0 unspecified atom stereocenters. The zero-order chi connectivity index (χ0) is 17.5. The first-order valence-corrected chi connectivity index (χ1v) is 7.71. The SMILES string of the molecule is COC(=O)[C@H]1O[C@H](Sc2ccccc2)[C@@H](N=[N+]=[N-])[C@@H](N=[N+]=[N-])[C@@H]1O. The Morgan fingerprint density at radius 2 is 1.88 bits per heavy atom. The van der Waals surface area contributed by atoms with E-state index in [4.69, 9.17) is 15.8 Å². The van der Waals surface area contributed by atoms with Crippen LogP contribution in [0.15, 0.2) is 45.5 Å². The van der Waals surface area contributed by atoms with Gasteiger partial charge in [0, 0.05) is 14.7 Å². The standard InChI is InChI=1S/C13H14N6O4S/c1-22-12(21)11-10(20)8(16-18-14)9(17-19-15)13(23-11)24-7-5-3-2-4-6-7/h2-6,8-11,13,20H,1H3/t8-,9+,10+,11+,13-/m1/s1. The Morgan fingerprint density at radius 3 is 2.46 bits per heavy atom. The molecule has 126 valence electrons. The maximum atomic E-state index is 11.8. The van der Waals surface area contributed by atoms with E-state index in [1.807, 2.05) is 30.3 Å². The minimum atomic E-state index is -1.49. The van der Waals surface area contributed by atoms with Crippen LogP contribution in [-0.2, 0) is 14.3 Å². The minimum Gasteiger partial charge on any atom is -0.467 e. The number of aliphatic hydroxyl groups excluding tert-OH is 1. The lowest BCUT2D eigenvalue weighted by molar-refractivity contribution is -0.173. The van der Waals surface area contributed by atoms with E-state index in [-0.39, 0.29) is 0 Å². The molecule has 5 atom stereocenters. The van der Waals surface area contributed by atoms with Gasteiger partial charge in [0.25, 0.3) is 0 Å². The quantitative estimate of drug-likeness (QED) is 0.374. The predicted molar refractivity (Wildman–Crippen MR) is 84.9 cm³/mol. The van der Waals surface area contributed by atoms with Gasteiger partial charge in [-0.1, -0.05) is 40.2 Å². The van der Waals surface area contributed by atoms with Gasteiger partial charge < -0.3 is 14.6 Å². The highest BCUT2D eigenvalue weighted by atomic mass is 32.2. The molecule has 1 saturated heterocycles. The number of methoxy groups -OCH3 is 1. The second-order valence-electron chi connectivity index (χ2n) is 4.76. The van der Waals surface area contributed by atoms with Crippen LogP contribution in [0, 0.1) is 0 Å². The van der Waals surface area contributed by atoms with Crippen molar-refractivity contribution in [3.63, 3.8) is 0 Å². The van der Waals surface area contributed by atoms with Crippen LogP contribution >= 0.6 is 11.8 Å². The van der Waals surface area contributed by atoms with Crippen molar-refractivity contribution in [3.05, 3.63) is 51.2 Å². The van der Waals surface area contributed by atoms with Gasteiger partial charge in [0.15, 0.2) is 6.10 Å². The zero-order valence-corrected chi connectivity index (χ0v) is 13.4. The normalized spacial score (nSPS) is 29.0. The van der Waals surface area contributed by atoms with Crippen molar-refractivity contribution < 1.29 is 19.4 Å². The van der Waals surface area contributed by atoms with Crippen molar-refractivity contribution in [2.75, 3.05) is 7.11 Å². The number of esters is 1. The number of ether oxygens (including phenoxy) is 2. The molecule has 1 N–H and O–H groups in total. The molecule has 0 bridgehead atoms. The molecule has 2 rings (SSSR count). The van der Waals surface area contributed by atoms with E-state index in [1.54, 1.807) is 0 Å². The third-order valence-corrected chi connectivity index (χ3v) is 4.54. The summed E-state index contributed by atoms with van der Waals surface area (Å²) in [6, 6.07) is 6.91. The van der Waals surface area contributed by atoms with Gasteiger partial charge >= 0.3 is 5.97 Å². The molecule has 1 aromatic carbocycles. The highest BCUT2D eigenvalue weighted by Crippen LogP contribution is 2.36. The maximum Gasteiger partial charge on any atom is 0.337 e. The van der Waals surface area contributed by atoms with Crippen molar-refractivity contribution in [1.82, 2.24) is 0 Å². The van der Waals surface area contributed by atoms with Crippen LogP contribution in [0.4, 0.5) is 0 Å². The minimum absolute atomic E-state index is 0.792. The molecule has 10 nitrogen and oxygen atoms in total. The van der Waals surface area contributed by atoms with E-state index in [2.05, 4.69) is 24.8 Å². The number of hydrogen-bond donors (Lipinski definition) is 1. The van der Waals surface area contributed by atoms with Gasteiger partial charge in [0.05, 0.1) is 19.2 Å². The van der Waals surface area contributed by atoms with E-state index in [0.717, 1.165) is 12.0 Å². The third-order valence-electron chi connectivity index (χ3n) is 3.37. The number of thioether (sulfide) groups is 1. The second kappa shape index (κ2) is 8.44. The second-order valence-corrected chi connectivity index (χ2v) is 5.93. The third kappa shape index (κ3) is 3.91. The Bertz CT molecular complexity index is 676. The van der Waals surface area contributed by atoms with Gasteiger partial charge in [-0.15, -0.1) is 0 Å². The highest BCUT2D eigenvalue weighted by Gasteiger charge is 2.48. The fraction of sp³-hybridized carbons (Fsp3) is 0.462. The summed E-state index contributed by atoms with van der Waals surface area (Å²) in [5.74, 6) is -0.807. The summed E-state index contributed by atoms with van der Waals surface area (Å²) < 4.78 is 10.2. The average molecular weight is 350 g/mol. The summed E-state index contributed by atoms with van der Waals surface area (Å²) in [4.78, 5) is 18.0. The number of aliphatic hydroxyl groups is 1. The molecule has 0 amide bonds. The summed E-state index contributed by atoms with van der Waals surface area (Å²) in [5.41, 5.74) is 16.7. The Hall–Kier alpha value is -2.42. The monoisotopic (exact) mass is 350 g/mol. The van der Waals surface area contributed by atoms with E-state index in [0.29, 0.717) is 0 Å². The molecular weight excluding hydrogens is 336 g/mol. The van der Waals surface area contributed by atoms with Crippen molar-refractivity contribution in [2.45, 2.75) is 34.6 Å². The molecule has 11 heteroatoms. The van der Waals surface area contributed by atoms with Gasteiger partial charge in [-0.05, 0) is 23.2 Å². The molecule has 1 fully saturated rings. The molecule has 1 heterocycles. The first-order chi connectivity index (χ1) is 11.6. The zero-order valence-electron chi connectivity index (χ0n) is 12.5. The van der Waals surface area contributed by atoms with Crippen molar-refractivity contribution in [2.24, 2.45) is 10.2 Å². The smallest absolute Gasteiger partial charge is 0.337 e. The Labute approximate surface area is 141 Å². The van der Waals surface area contributed by atoms with Crippen LogP contribution in [0.5, 0.6) is 0 Å². The number of azide groups is 2. The van der Waals surface area contributed by atoms with Crippen LogP contribution in [0.1, 0.15) is 0 Å². The summed E-state index contributed by atoms with van der Waals surface area (Å²) in [5, 5.41) is 17.3. The number of benzene rings is 1. The van der Waals surface area contributed by atoms with Crippen molar-refractivity contribution >= 4 is 17.7 Å². The topological polar surface area (TPSA) is 153 Å². The molecule has 0 saturated carbocycles.